The fourth-order valence-corrected chi connectivity index (χ4v) is 1.80. The number of benzene rings is 2. The molecule has 0 bridgehead atoms. The third kappa shape index (κ3) is 3.94. The third-order valence-electron chi connectivity index (χ3n) is 2.73. The molecule has 0 amide bonds. The highest BCUT2D eigenvalue weighted by Crippen LogP contribution is 2.26. The summed E-state index contributed by atoms with van der Waals surface area (Å²) in [5.74, 6) is 0.615. The predicted octanol–water partition coefficient (Wildman–Crippen LogP) is 3.56. The van der Waals surface area contributed by atoms with Gasteiger partial charge in [0.05, 0.1) is 0 Å². The first kappa shape index (κ1) is 15.5. The van der Waals surface area contributed by atoms with Crippen molar-refractivity contribution in [2.45, 2.75) is 6.92 Å². The van der Waals surface area contributed by atoms with Gasteiger partial charge >= 0.3 is 0 Å². The number of nitrogens with two attached hydrogens (primary N) is 1. The first-order valence-electron chi connectivity index (χ1n) is 5.90. The van der Waals surface area contributed by atoms with Crippen LogP contribution in [0.4, 0.5) is 4.39 Å². The molecule has 0 aliphatic rings. The molecule has 102 valence electrons. The number of aryl methyl sites for hydroxylation is 1. The summed E-state index contributed by atoms with van der Waals surface area (Å²) in [5, 5.41) is 0. The first-order chi connectivity index (χ1) is 8.70. The van der Waals surface area contributed by atoms with E-state index in [1.54, 1.807) is 12.1 Å². The highest BCUT2D eigenvalue weighted by Gasteiger charge is 2.03. The monoisotopic (exact) mass is 281 g/mol. The predicted molar refractivity (Wildman–Crippen MR) is 78.4 cm³/mol. The molecule has 0 heterocycles. The van der Waals surface area contributed by atoms with Crippen molar-refractivity contribution in [1.82, 2.24) is 0 Å². The number of hydrogen-bond acceptors (Lipinski definition) is 2. The van der Waals surface area contributed by atoms with Crippen LogP contribution in [0.25, 0.3) is 11.1 Å². The van der Waals surface area contributed by atoms with Crippen molar-refractivity contribution in [3.05, 3.63) is 53.8 Å². The first-order valence-corrected chi connectivity index (χ1v) is 5.90. The Morgan fingerprint density at radius 3 is 2.26 bits per heavy atom. The highest BCUT2D eigenvalue weighted by molar-refractivity contribution is 5.85. The summed E-state index contributed by atoms with van der Waals surface area (Å²) < 4.78 is 18.4. The Morgan fingerprint density at radius 1 is 1.05 bits per heavy atom. The smallest absolute Gasteiger partial charge is 0.123 e. The molecule has 0 aliphatic carbocycles. The van der Waals surface area contributed by atoms with E-state index in [9.17, 15) is 4.39 Å². The summed E-state index contributed by atoms with van der Waals surface area (Å²) >= 11 is 0. The van der Waals surface area contributed by atoms with Gasteiger partial charge in [0.15, 0.2) is 0 Å². The summed E-state index contributed by atoms with van der Waals surface area (Å²) in [5.41, 5.74) is 8.49. The van der Waals surface area contributed by atoms with Crippen LogP contribution in [0.5, 0.6) is 5.75 Å². The van der Waals surface area contributed by atoms with E-state index in [1.807, 2.05) is 25.1 Å². The molecule has 2 nitrogen and oxygen atoms in total. The van der Waals surface area contributed by atoms with Crippen LogP contribution in [-0.4, -0.2) is 13.2 Å². The Morgan fingerprint density at radius 2 is 1.68 bits per heavy atom. The Balaban J connectivity index is 0.00000180. The minimum Gasteiger partial charge on any atom is -0.492 e. The van der Waals surface area contributed by atoms with E-state index in [-0.39, 0.29) is 18.2 Å². The minimum absolute atomic E-state index is 0. The van der Waals surface area contributed by atoms with Gasteiger partial charge in [-0.3, -0.25) is 0 Å². The van der Waals surface area contributed by atoms with Crippen molar-refractivity contribution in [2.75, 3.05) is 13.2 Å². The quantitative estimate of drug-likeness (QED) is 0.930. The van der Waals surface area contributed by atoms with Gasteiger partial charge in [-0.2, -0.15) is 0 Å². The van der Waals surface area contributed by atoms with E-state index in [1.165, 1.54) is 12.1 Å². The van der Waals surface area contributed by atoms with Gasteiger partial charge in [0, 0.05) is 6.54 Å². The molecule has 0 saturated heterocycles. The van der Waals surface area contributed by atoms with Crippen LogP contribution in [0.1, 0.15) is 5.56 Å². The summed E-state index contributed by atoms with van der Waals surface area (Å²) in [4.78, 5) is 0. The second-order valence-electron chi connectivity index (χ2n) is 4.12. The van der Waals surface area contributed by atoms with Crippen LogP contribution < -0.4 is 10.5 Å². The SMILES string of the molecule is Cc1cc(-c2ccc(F)cc2)ccc1OCCN.Cl. The molecule has 2 N–H and O–H groups in total. The fourth-order valence-electron chi connectivity index (χ4n) is 1.80. The zero-order chi connectivity index (χ0) is 13.0. The molecule has 0 aromatic heterocycles. The van der Waals surface area contributed by atoms with E-state index in [0.717, 1.165) is 22.4 Å². The van der Waals surface area contributed by atoms with Crippen molar-refractivity contribution in [2.24, 2.45) is 5.73 Å². The molecule has 0 fully saturated rings. The van der Waals surface area contributed by atoms with Gasteiger partial charge < -0.3 is 10.5 Å². The maximum absolute atomic E-state index is 12.9. The van der Waals surface area contributed by atoms with Gasteiger partial charge in [-0.05, 0) is 47.9 Å². The van der Waals surface area contributed by atoms with Crippen molar-refractivity contribution in [3.63, 3.8) is 0 Å². The van der Waals surface area contributed by atoms with E-state index in [4.69, 9.17) is 10.5 Å². The molecule has 2 aromatic rings. The van der Waals surface area contributed by atoms with Crippen molar-refractivity contribution < 1.29 is 9.13 Å². The Hall–Kier alpha value is -1.58. The Kier molecular flexibility index (Phi) is 5.80. The van der Waals surface area contributed by atoms with E-state index < -0.39 is 0 Å². The average Bonchev–Trinajstić information content (AvgIpc) is 2.38. The molecule has 2 rings (SSSR count). The zero-order valence-corrected chi connectivity index (χ0v) is 11.5. The second kappa shape index (κ2) is 7.12. The largest absolute Gasteiger partial charge is 0.492 e. The van der Waals surface area contributed by atoms with E-state index in [2.05, 4.69) is 0 Å². The van der Waals surface area contributed by atoms with Crippen molar-refractivity contribution in [1.29, 1.82) is 0 Å². The van der Waals surface area contributed by atoms with Gasteiger partial charge in [0.25, 0.3) is 0 Å². The summed E-state index contributed by atoms with van der Waals surface area (Å²) in [7, 11) is 0. The number of ether oxygens (including phenoxy) is 1. The molecule has 0 aliphatic heterocycles. The number of halogens is 2. The van der Waals surface area contributed by atoms with Gasteiger partial charge in [0.2, 0.25) is 0 Å². The van der Waals surface area contributed by atoms with Gasteiger partial charge in [-0.1, -0.05) is 18.2 Å². The van der Waals surface area contributed by atoms with Gasteiger partial charge in [0.1, 0.15) is 18.2 Å². The molecule has 19 heavy (non-hydrogen) atoms. The maximum Gasteiger partial charge on any atom is 0.123 e. The highest BCUT2D eigenvalue weighted by atomic mass is 35.5. The molecule has 0 radical (unpaired) electrons. The van der Waals surface area contributed by atoms with E-state index in [0.29, 0.717) is 13.2 Å². The van der Waals surface area contributed by atoms with Crippen LogP contribution >= 0.6 is 12.4 Å². The molecule has 0 spiro atoms. The lowest BCUT2D eigenvalue weighted by molar-refractivity contribution is 0.326. The van der Waals surface area contributed by atoms with Gasteiger partial charge in [-0.25, -0.2) is 4.39 Å². The van der Waals surface area contributed by atoms with Crippen LogP contribution in [0.2, 0.25) is 0 Å². The molecular weight excluding hydrogens is 265 g/mol. The molecule has 0 atom stereocenters. The van der Waals surface area contributed by atoms with Gasteiger partial charge in [-0.15, -0.1) is 12.4 Å². The zero-order valence-electron chi connectivity index (χ0n) is 10.7. The number of rotatable bonds is 4. The molecule has 0 saturated carbocycles. The van der Waals surface area contributed by atoms with Crippen molar-refractivity contribution >= 4 is 12.4 Å². The molecule has 4 heteroatoms. The van der Waals surface area contributed by atoms with E-state index >= 15 is 0 Å². The van der Waals surface area contributed by atoms with Crippen LogP contribution in [-0.2, 0) is 0 Å². The topological polar surface area (TPSA) is 35.2 Å². The lowest BCUT2D eigenvalue weighted by atomic mass is 10.0. The van der Waals surface area contributed by atoms with Crippen LogP contribution in [0.15, 0.2) is 42.5 Å². The summed E-state index contributed by atoms with van der Waals surface area (Å²) in [6, 6.07) is 12.4. The molecule has 0 unspecified atom stereocenters. The maximum atomic E-state index is 12.9. The standard InChI is InChI=1S/C15H16FNO.ClH/c1-11-10-13(4-7-15(11)18-9-8-17)12-2-5-14(16)6-3-12;/h2-7,10H,8-9,17H2,1H3;1H. The average molecular weight is 282 g/mol. The van der Waals surface area contributed by atoms with Crippen molar-refractivity contribution in [3.8, 4) is 16.9 Å². The minimum atomic E-state index is -0.224. The second-order valence-corrected chi connectivity index (χ2v) is 4.12. The van der Waals surface area contributed by atoms with Crippen LogP contribution in [0, 0.1) is 12.7 Å². The molecular formula is C15H17ClFNO. The lowest BCUT2D eigenvalue weighted by Crippen LogP contribution is -2.11. The summed E-state index contributed by atoms with van der Waals surface area (Å²) in [6.45, 7) is 2.99. The Labute approximate surface area is 118 Å². The fraction of sp³-hybridized carbons (Fsp3) is 0.200. The molecule has 2 aromatic carbocycles. The van der Waals surface area contributed by atoms with Crippen LogP contribution in [0.3, 0.4) is 0 Å². The lowest BCUT2D eigenvalue weighted by Gasteiger charge is -2.10. The summed E-state index contributed by atoms with van der Waals surface area (Å²) in [6.07, 6.45) is 0. The Bertz CT molecular complexity index is 528. The third-order valence-corrected chi connectivity index (χ3v) is 2.73. The normalized spacial score (nSPS) is 9.84. The number of hydrogen-bond donors (Lipinski definition) is 1.